The molecule has 2 aromatic heterocycles. The third-order valence-corrected chi connectivity index (χ3v) is 4.57. The predicted molar refractivity (Wildman–Crippen MR) is 98.3 cm³/mol. The Balaban J connectivity index is 2.05. The van der Waals surface area contributed by atoms with Crippen LogP contribution in [0.5, 0.6) is 0 Å². The van der Waals surface area contributed by atoms with Gasteiger partial charge in [-0.05, 0) is 26.0 Å². The maximum atomic E-state index is 8.61. The number of quaternary nitrogens is 1. The number of benzene rings is 1. The van der Waals surface area contributed by atoms with Crippen LogP contribution in [0.3, 0.4) is 0 Å². The van der Waals surface area contributed by atoms with Gasteiger partial charge in [0.1, 0.15) is 17.7 Å². The number of aromatic nitrogens is 3. The summed E-state index contributed by atoms with van der Waals surface area (Å²) in [4.78, 5) is 12.8. The van der Waals surface area contributed by atoms with E-state index in [2.05, 4.69) is 34.1 Å². The van der Waals surface area contributed by atoms with Crippen LogP contribution in [0.1, 0.15) is 25.0 Å². The maximum absolute atomic E-state index is 8.61. The Hall–Kier alpha value is -2.58. The molecule has 0 saturated carbocycles. The molecule has 0 atom stereocenters. The minimum atomic E-state index is 0.299. The molecule has 3 rings (SSSR count). The quantitative estimate of drug-likeness (QED) is 0.527. The van der Waals surface area contributed by atoms with Crippen LogP contribution >= 0.6 is 11.3 Å². The zero-order chi connectivity index (χ0) is 17.3. The number of fused-ring (bicyclic) bond motifs is 1. The second-order valence-electron chi connectivity index (χ2n) is 5.76. The average Bonchev–Trinajstić information content (AvgIpc) is 2.96. The van der Waals surface area contributed by atoms with Gasteiger partial charge in [-0.2, -0.15) is 4.98 Å². The normalized spacial score (nSPS) is 11.2. The van der Waals surface area contributed by atoms with Gasteiger partial charge in [0, 0.05) is 12.6 Å². The van der Waals surface area contributed by atoms with Crippen LogP contribution in [-0.4, -0.2) is 33.8 Å². The number of nitrogens with one attached hydrogen (secondary N) is 2. The van der Waals surface area contributed by atoms with Crippen molar-refractivity contribution in [2.45, 2.75) is 19.9 Å². The Morgan fingerprint density at radius 1 is 1.33 bits per heavy atom. The van der Waals surface area contributed by atoms with Gasteiger partial charge in [-0.25, -0.2) is 9.97 Å². The molecule has 0 bridgehead atoms. The first-order valence-electron chi connectivity index (χ1n) is 7.62. The minimum Gasteiger partial charge on any atom is -0.383 e. The van der Waals surface area contributed by atoms with Gasteiger partial charge < -0.3 is 11.1 Å². The molecule has 1 aromatic carbocycles. The average molecular weight is 342 g/mol. The molecule has 24 heavy (non-hydrogen) atoms. The summed E-state index contributed by atoms with van der Waals surface area (Å²) in [7, 11) is 1.84. The molecule has 0 saturated heterocycles. The van der Waals surface area contributed by atoms with E-state index in [-0.39, 0.29) is 0 Å². The van der Waals surface area contributed by atoms with Crippen molar-refractivity contribution in [2.75, 3.05) is 18.1 Å². The Kier molecular flexibility index (Phi) is 4.41. The molecule has 0 spiro atoms. The molecule has 0 radical (unpaired) electrons. The standard InChI is InChI=1S/C16H19N7S/c1-8(2)22-15-12(14(18)20-7-21-15)13(17)9-4-5-10-11(6-9)24-16(19-3)23-10/h4-8,17H,1-3H3,(H,19,23)(H3,18,20,21,22)/p+1. The SMILES string of the molecule is CNc1nc2ccc(C(=N)c3c(N)ncnc3[NH2+]C(C)C)cc2s1. The lowest BCUT2D eigenvalue weighted by molar-refractivity contribution is -0.606. The second-order valence-corrected chi connectivity index (χ2v) is 6.79. The molecule has 2 heterocycles. The highest BCUT2D eigenvalue weighted by atomic mass is 32.1. The van der Waals surface area contributed by atoms with Crippen LogP contribution < -0.4 is 16.4 Å². The molecule has 8 heteroatoms. The molecule has 124 valence electrons. The van der Waals surface area contributed by atoms with Crippen molar-refractivity contribution >= 4 is 44.0 Å². The predicted octanol–water partition coefficient (Wildman–Crippen LogP) is 1.73. The van der Waals surface area contributed by atoms with Gasteiger partial charge in [-0.15, -0.1) is 0 Å². The smallest absolute Gasteiger partial charge is 0.239 e. The first-order chi connectivity index (χ1) is 11.5. The van der Waals surface area contributed by atoms with Crippen molar-refractivity contribution in [3.8, 4) is 0 Å². The fourth-order valence-corrected chi connectivity index (χ4v) is 3.30. The van der Waals surface area contributed by atoms with Crippen molar-refractivity contribution < 1.29 is 5.32 Å². The number of hydrogen-bond acceptors (Lipinski definition) is 7. The number of hydrogen-bond donors (Lipinski definition) is 4. The summed E-state index contributed by atoms with van der Waals surface area (Å²) in [6.07, 6.45) is 1.44. The molecule has 0 amide bonds. The van der Waals surface area contributed by atoms with Crippen LogP contribution in [0.15, 0.2) is 24.5 Å². The number of rotatable bonds is 5. The maximum Gasteiger partial charge on any atom is 0.239 e. The first kappa shape index (κ1) is 16.3. The molecule has 0 aliphatic rings. The minimum absolute atomic E-state index is 0.299. The van der Waals surface area contributed by atoms with Crippen molar-refractivity contribution in [3.63, 3.8) is 0 Å². The van der Waals surface area contributed by atoms with E-state index in [1.54, 1.807) is 11.3 Å². The highest BCUT2D eigenvalue weighted by Crippen LogP contribution is 2.28. The number of nitrogen functional groups attached to an aromatic ring is 1. The molecule has 0 aliphatic heterocycles. The van der Waals surface area contributed by atoms with E-state index < -0.39 is 0 Å². The Bertz CT molecular complexity index is 901. The van der Waals surface area contributed by atoms with E-state index in [9.17, 15) is 0 Å². The highest BCUT2D eigenvalue weighted by Gasteiger charge is 2.20. The Morgan fingerprint density at radius 3 is 2.83 bits per heavy atom. The van der Waals surface area contributed by atoms with Gasteiger partial charge in [0.25, 0.3) is 0 Å². The largest absolute Gasteiger partial charge is 0.383 e. The summed E-state index contributed by atoms with van der Waals surface area (Å²) in [5.41, 5.74) is 8.62. The zero-order valence-corrected chi connectivity index (χ0v) is 14.6. The number of thiazole rings is 1. The van der Waals surface area contributed by atoms with Gasteiger partial charge >= 0.3 is 0 Å². The molecule has 0 fully saturated rings. The van der Waals surface area contributed by atoms with E-state index in [1.807, 2.05) is 30.6 Å². The first-order valence-corrected chi connectivity index (χ1v) is 8.44. The highest BCUT2D eigenvalue weighted by molar-refractivity contribution is 7.22. The summed E-state index contributed by atoms with van der Waals surface area (Å²) in [5.74, 6) is 1.02. The van der Waals surface area contributed by atoms with Gasteiger partial charge in [-0.1, -0.05) is 17.4 Å². The summed E-state index contributed by atoms with van der Waals surface area (Å²) in [6, 6.07) is 6.06. The summed E-state index contributed by atoms with van der Waals surface area (Å²) >= 11 is 1.55. The second kappa shape index (κ2) is 6.50. The number of anilines is 2. The lowest BCUT2D eigenvalue weighted by Crippen LogP contribution is -2.83. The third-order valence-electron chi connectivity index (χ3n) is 3.54. The van der Waals surface area contributed by atoms with E-state index in [0.717, 1.165) is 20.9 Å². The van der Waals surface area contributed by atoms with Crippen molar-refractivity contribution in [1.29, 1.82) is 5.41 Å². The number of nitrogens with two attached hydrogens (primary N) is 2. The van der Waals surface area contributed by atoms with Crippen molar-refractivity contribution in [1.82, 2.24) is 15.0 Å². The molecule has 7 nitrogen and oxygen atoms in total. The molecule has 6 N–H and O–H groups in total. The van der Waals surface area contributed by atoms with Crippen LogP contribution in [-0.2, 0) is 0 Å². The van der Waals surface area contributed by atoms with Crippen LogP contribution in [0.25, 0.3) is 10.2 Å². The lowest BCUT2D eigenvalue weighted by Gasteiger charge is -2.11. The molecular weight excluding hydrogens is 322 g/mol. The lowest BCUT2D eigenvalue weighted by atomic mass is 10.0. The van der Waals surface area contributed by atoms with Gasteiger partial charge in [0.15, 0.2) is 5.13 Å². The summed E-state index contributed by atoms with van der Waals surface area (Å²) < 4.78 is 1.02. The van der Waals surface area contributed by atoms with E-state index in [4.69, 9.17) is 11.1 Å². The van der Waals surface area contributed by atoms with Crippen LogP contribution in [0.2, 0.25) is 0 Å². The molecular formula is C16H20N7S+. The third kappa shape index (κ3) is 3.06. The van der Waals surface area contributed by atoms with Gasteiger partial charge in [0.2, 0.25) is 5.82 Å². The van der Waals surface area contributed by atoms with E-state index in [0.29, 0.717) is 29.0 Å². The van der Waals surface area contributed by atoms with Gasteiger partial charge in [0.05, 0.1) is 22.0 Å². The van der Waals surface area contributed by atoms with Gasteiger partial charge in [-0.3, -0.25) is 10.7 Å². The topological polar surface area (TPSA) is 117 Å². The van der Waals surface area contributed by atoms with Crippen molar-refractivity contribution in [2.24, 2.45) is 0 Å². The molecule has 0 unspecified atom stereocenters. The zero-order valence-electron chi connectivity index (χ0n) is 13.8. The van der Waals surface area contributed by atoms with Crippen molar-refractivity contribution in [3.05, 3.63) is 35.7 Å². The van der Waals surface area contributed by atoms with Crippen LogP contribution in [0, 0.1) is 5.41 Å². The summed E-state index contributed by atoms with van der Waals surface area (Å²) in [5, 5.41) is 14.5. The monoisotopic (exact) mass is 342 g/mol. The van der Waals surface area contributed by atoms with E-state index >= 15 is 0 Å². The fraction of sp³-hybridized carbons (Fsp3) is 0.250. The fourth-order valence-electron chi connectivity index (χ4n) is 2.44. The van der Waals surface area contributed by atoms with Crippen LogP contribution in [0.4, 0.5) is 16.8 Å². The Labute approximate surface area is 143 Å². The number of nitrogens with zero attached hydrogens (tertiary/aromatic N) is 3. The summed E-state index contributed by atoms with van der Waals surface area (Å²) in [6.45, 7) is 4.13. The Morgan fingerprint density at radius 2 is 2.12 bits per heavy atom. The van der Waals surface area contributed by atoms with E-state index in [1.165, 1.54) is 6.33 Å². The molecule has 3 aromatic rings. The molecule has 0 aliphatic carbocycles.